The molecule has 0 saturated heterocycles. The molecule has 1 amide bonds. The number of anilines is 1. The smallest absolute Gasteiger partial charge is 0.264 e. The molecule has 0 spiro atoms. The van der Waals surface area contributed by atoms with Crippen LogP contribution >= 0.6 is 0 Å². The molecule has 0 saturated carbocycles. The molecule has 2 aromatic carbocycles. The van der Waals surface area contributed by atoms with Crippen molar-refractivity contribution in [2.75, 3.05) is 17.5 Å². The van der Waals surface area contributed by atoms with Gasteiger partial charge < -0.3 is 4.74 Å². The number of para-hydroxylation sites is 2. The molecule has 134 valence electrons. The van der Waals surface area contributed by atoms with Crippen LogP contribution in [0.5, 0.6) is 5.75 Å². The zero-order chi connectivity index (χ0) is 18.4. The second kappa shape index (κ2) is 8.00. The molecule has 0 fully saturated rings. The first-order valence-corrected chi connectivity index (χ1v) is 9.14. The third kappa shape index (κ3) is 4.28. The topological polar surface area (TPSA) is 102 Å². The van der Waals surface area contributed by atoms with Crippen molar-refractivity contribution in [1.29, 1.82) is 0 Å². The van der Waals surface area contributed by atoms with Crippen LogP contribution in [0.1, 0.15) is 12.5 Å². The van der Waals surface area contributed by atoms with Crippen LogP contribution in [0.2, 0.25) is 0 Å². The van der Waals surface area contributed by atoms with Gasteiger partial charge in [-0.05, 0) is 38.1 Å². The lowest BCUT2D eigenvalue weighted by Crippen LogP contribution is -2.43. The molecule has 0 aliphatic carbocycles. The lowest BCUT2D eigenvalue weighted by Gasteiger charge is -2.25. The summed E-state index contributed by atoms with van der Waals surface area (Å²) in [6.45, 7) is 3.55. The normalized spacial score (nSPS) is 11.0. The summed E-state index contributed by atoms with van der Waals surface area (Å²) in [6, 6.07) is 13.0. The number of aryl methyl sites for hydroxylation is 1. The van der Waals surface area contributed by atoms with Crippen LogP contribution in [0.4, 0.5) is 5.69 Å². The lowest BCUT2D eigenvalue weighted by atomic mass is 10.2. The average Bonchev–Trinajstić information content (AvgIpc) is 2.60. The summed E-state index contributed by atoms with van der Waals surface area (Å²) in [7, 11) is -3.98. The van der Waals surface area contributed by atoms with Crippen molar-refractivity contribution in [2.24, 2.45) is 5.84 Å². The van der Waals surface area contributed by atoms with Gasteiger partial charge in [0.25, 0.3) is 15.9 Å². The van der Waals surface area contributed by atoms with E-state index in [9.17, 15) is 13.2 Å². The van der Waals surface area contributed by atoms with E-state index in [-0.39, 0.29) is 10.6 Å². The molecular formula is C17H21N3O4S. The highest BCUT2D eigenvalue weighted by Crippen LogP contribution is 2.32. The van der Waals surface area contributed by atoms with Gasteiger partial charge in [0.2, 0.25) is 0 Å². The number of nitrogens with two attached hydrogens (primary N) is 1. The predicted molar refractivity (Wildman–Crippen MR) is 95.7 cm³/mol. The van der Waals surface area contributed by atoms with Gasteiger partial charge >= 0.3 is 0 Å². The molecule has 7 nitrogen and oxygen atoms in total. The molecule has 0 heterocycles. The fourth-order valence-corrected chi connectivity index (χ4v) is 3.69. The Morgan fingerprint density at radius 1 is 1.16 bits per heavy atom. The van der Waals surface area contributed by atoms with Gasteiger partial charge in [0, 0.05) is 0 Å². The Morgan fingerprint density at radius 3 is 2.40 bits per heavy atom. The fourth-order valence-electron chi connectivity index (χ4n) is 2.25. The van der Waals surface area contributed by atoms with E-state index >= 15 is 0 Å². The van der Waals surface area contributed by atoms with Gasteiger partial charge in [-0.1, -0.05) is 29.8 Å². The van der Waals surface area contributed by atoms with Gasteiger partial charge in [0.05, 0.1) is 17.2 Å². The zero-order valence-electron chi connectivity index (χ0n) is 14.1. The second-order valence-electron chi connectivity index (χ2n) is 5.29. The molecule has 2 rings (SSSR count). The minimum absolute atomic E-state index is 0.0780. The van der Waals surface area contributed by atoms with E-state index in [2.05, 4.69) is 0 Å². The van der Waals surface area contributed by atoms with E-state index in [1.807, 2.05) is 12.3 Å². The number of amides is 1. The van der Waals surface area contributed by atoms with Gasteiger partial charge in [-0.3, -0.25) is 14.5 Å². The molecule has 0 aromatic heterocycles. The van der Waals surface area contributed by atoms with Gasteiger partial charge in [-0.2, -0.15) is 0 Å². The van der Waals surface area contributed by atoms with Crippen molar-refractivity contribution in [2.45, 2.75) is 18.7 Å². The van der Waals surface area contributed by atoms with E-state index in [1.54, 1.807) is 43.3 Å². The second-order valence-corrected chi connectivity index (χ2v) is 7.16. The standard InChI is InChI=1S/C17H21N3O4S/c1-3-24-16-7-5-4-6-15(16)20(12-17(21)19-18)25(22,23)14-10-8-13(2)9-11-14/h4-11H,3,12,18H2,1-2H3,(H,19,21). The molecule has 0 atom stereocenters. The van der Waals surface area contributed by atoms with Gasteiger partial charge in [-0.15, -0.1) is 0 Å². The predicted octanol–water partition coefficient (Wildman–Crippen LogP) is 1.58. The van der Waals surface area contributed by atoms with E-state index in [0.29, 0.717) is 12.4 Å². The number of hydrazine groups is 1. The van der Waals surface area contributed by atoms with Crippen LogP contribution in [0.15, 0.2) is 53.4 Å². The highest BCUT2D eigenvalue weighted by Gasteiger charge is 2.29. The van der Waals surface area contributed by atoms with Crippen molar-refractivity contribution in [3.8, 4) is 5.75 Å². The number of ether oxygens (including phenoxy) is 1. The average molecular weight is 363 g/mol. The summed E-state index contributed by atoms with van der Waals surface area (Å²) in [5.41, 5.74) is 3.17. The van der Waals surface area contributed by atoms with Crippen LogP contribution in [-0.4, -0.2) is 27.5 Å². The highest BCUT2D eigenvalue weighted by atomic mass is 32.2. The molecule has 2 aromatic rings. The number of nitrogens with zero attached hydrogens (tertiary/aromatic N) is 1. The van der Waals surface area contributed by atoms with Crippen LogP contribution in [-0.2, 0) is 14.8 Å². The summed E-state index contributed by atoms with van der Waals surface area (Å²) in [5, 5.41) is 0. The summed E-state index contributed by atoms with van der Waals surface area (Å²) < 4.78 is 32.7. The third-order valence-electron chi connectivity index (χ3n) is 3.49. The number of hydrogen-bond donors (Lipinski definition) is 2. The summed E-state index contributed by atoms with van der Waals surface area (Å²) in [6.07, 6.45) is 0. The third-order valence-corrected chi connectivity index (χ3v) is 5.26. The number of sulfonamides is 1. The van der Waals surface area contributed by atoms with Crippen LogP contribution < -0.4 is 20.3 Å². The molecule has 3 N–H and O–H groups in total. The zero-order valence-corrected chi connectivity index (χ0v) is 14.9. The number of carbonyl (C=O) groups excluding carboxylic acids is 1. The summed E-state index contributed by atoms with van der Waals surface area (Å²) in [4.78, 5) is 11.9. The van der Waals surface area contributed by atoms with Crippen molar-refractivity contribution in [1.82, 2.24) is 5.43 Å². The highest BCUT2D eigenvalue weighted by molar-refractivity contribution is 7.92. The van der Waals surface area contributed by atoms with Crippen molar-refractivity contribution in [3.05, 3.63) is 54.1 Å². The molecule has 25 heavy (non-hydrogen) atoms. The first kappa shape index (κ1) is 18.8. The number of hydrogen-bond acceptors (Lipinski definition) is 5. The maximum atomic E-state index is 13.1. The fraction of sp³-hybridized carbons (Fsp3) is 0.235. The molecule has 0 aliphatic heterocycles. The van der Waals surface area contributed by atoms with Gasteiger partial charge in [0.15, 0.2) is 0 Å². The first-order chi connectivity index (χ1) is 11.9. The molecule has 0 aliphatic rings. The summed E-state index contributed by atoms with van der Waals surface area (Å²) in [5.74, 6) is 4.87. The largest absolute Gasteiger partial charge is 0.492 e. The number of benzene rings is 2. The van der Waals surface area contributed by atoms with Crippen molar-refractivity contribution < 1.29 is 17.9 Å². The van der Waals surface area contributed by atoms with Crippen molar-refractivity contribution >= 4 is 21.6 Å². The minimum atomic E-state index is -3.98. The van der Waals surface area contributed by atoms with Crippen LogP contribution in [0.25, 0.3) is 0 Å². The van der Waals surface area contributed by atoms with E-state index in [4.69, 9.17) is 10.6 Å². The van der Waals surface area contributed by atoms with Crippen LogP contribution in [0, 0.1) is 6.92 Å². The van der Waals surface area contributed by atoms with E-state index < -0.39 is 22.5 Å². The first-order valence-electron chi connectivity index (χ1n) is 7.70. The maximum absolute atomic E-state index is 13.1. The Hall–Kier alpha value is -2.58. The quantitative estimate of drug-likeness (QED) is 0.442. The van der Waals surface area contributed by atoms with E-state index in [0.717, 1.165) is 9.87 Å². The Balaban J connectivity index is 2.56. The van der Waals surface area contributed by atoms with Crippen molar-refractivity contribution in [3.63, 3.8) is 0 Å². The maximum Gasteiger partial charge on any atom is 0.264 e. The molecule has 0 bridgehead atoms. The number of nitrogens with one attached hydrogen (secondary N) is 1. The van der Waals surface area contributed by atoms with Gasteiger partial charge in [0.1, 0.15) is 12.3 Å². The SMILES string of the molecule is CCOc1ccccc1N(CC(=O)NN)S(=O)(=O)c1ccc(C)cc1. The number of rotatable bonds is 7. The number of carbonyl (C=O) groups is 1. The monoisotopic (exact) mass is 363 g/mol. The molecule has 0 unspecified atom stereocenters. The Kier molecular flexibility index (Phi) is 6.00. The molecular weight excluding hydrogens is 342 g/mol. The lowest BCUT2D eigenvalue weighted by molar-refractivity contribution is -0.119. The minimum Gasteiger partial charge on any atom is -0.492 e. The Morgan fingerprint density at radius 2 is 1.80 bits per heavy atom. The Labute approximate surface area is 147 Å². The van der Waals surface area contributed by atoms with E-state index in [1.165, 1.54) is 12.1 Å². The molecule has 8 heteroatoms. The van der Waals surface area contributed by atoms with Crippen LogP contribution in [0.3, 0.4) is 0 Å². The summed E-state index contributed by atoms with van der Waals surface area (Å²) >= 11 is 0. The molecule has 0 radical (unpaired) electrons. The Bertz CT molecular complexity index is 835. The van der Waals surface area contributed by atoms with Gasteiger partial charge in [-0.25, -0.2) is 14.3 Å².